The topological polar surface area (TPSA) is 61.7 Å². The molecule has 14 rings (SSSR count). The van der Waals surface area contributed by atoms with Crippen LogP contribution in [0.4, 0.5) is 0 Å². The number of rotatable bonds is 5. The normalized spacial score (nSPS) is 12.0. The van der Waals surface area contributed by atoms with Gasteiger partial charge in [-0.25, -0.2) is 15.0 Å². The van der Waals surface area contributed by atoms with Crippen LogP contribution >= 0.6 is 0 Å². The molecule has 0 fully saturated rings. The van der Waals surface area contributed by atoms with Crippen LogP contribution in [0.5, 0.6) is 0 Å². The van der Waals surface area contributed by atoms with E-state index in [0.717, 1.165) is 77.3 Å². The highest BCUT2D eigenvalue weighted by Gasteiger charge is 2.20. The number of fused-ring (bicyclic) bond motifs is 12. The molecule has 0 amide bonds. The Labute approximate surface area is 371 Å². The van der Waals surface area contributed by atoms with Gasteiger partial charge in [-0.15, -0.1) is 0 Å². The SMILES string of the molecule is c1ccc(-c2nc(-c3ccc4ccc5oc6cc(-n7c8ccccc8c8cc9ccccc9cc87)ccc6c5c4c3)nc(-c3ccc4c5ccccc5n(-c5ccccc5)c4c3)n2)cc1. The van der Waals surface area contributed by atoms with Crippen molar-refractivity contribution in [2.75, 3.05) is 0 Å². The lowest BCUT2D eigenvalue weighted by atomic mass is 10.0. The van der Waals surface area contributed by atoms with Gasteiger partial charge in [-0.05, 0) is 88.3 Å². The molecule has 0 bridgehead atoms. The van der Waals surface area contributed by atoms with Crippen LogP contribution in [0.15, 0.2) is 217 Å². The van der Waals surface area contributed by atoms with Crippen molar-refractivity contribution < 1.29 is 4.42 Å². The predicted octanol–water partition coefficient (Wildman–Crippen LogP) is 15.3. The van der Waals surface area contributed by atoms with Crippen molar-refractivity contribution >= 4 is 87.1 Å². The molecule has 65 heavy (non-hydrogen) atoms. The van der Waals surface area contributed by atoms with E-state index in [9.17, 15) is 0 Å². The van der Waals surface area contributed by atoms with E-state index in [1.54, 1.807) is 0 Å². The van der Waals surface area contributed by atoms with Gasteiger partial charge in [-0.1, -0.05) is 140 Å². The lowest BCUT2D eigenvalue weighted by Gasteiger charge is -2.11. The highest BCUT2D eigenvalue weighted by atomic mass is 16.3. The highest BCUT2D eigenvalue weighted by Crippen LogP contribution is 2.41. The van der Waals surface area contributed by atoms with Crippen LogP contribution in [0.1, 0.15) is 0 Å². The van der Waals surface area contributed by atoms with Crippen LogP contribution in [0.25, 0.3) is 133 Å². The average Bonchev–Trinajstić information content (AvgIpc) is 4.03. The highest BCUT2D eigenvalue weighted by molar-refractivity contribution is 6.20. The van der Waals surface area contributed by atoms with Crippen molar-refractivity contribution in [2.45, 2.75) is 0 Å². The van der Waals surface area contributed by atoms with Crippen LogP contribution in [-0.4, -0.2) is 24.1 Å². The molecule has 0 unspecified atom stereocenters. The smallest absolute Gasteiger partial charge is 0.164 e. The average molecular weight is 830 g/mol. The Morgan fingerprint density at radius 2 is 0.846 bits per heavy atom. The largest absolute Gasteiger partial charge is 0.456 e. The van der Waals surface area contributed by atoms with Crippen LogP contribution in [0, 0.1) is 0 Å². The van der Waals surface area contributed by atoms with E-state index in [0.29, 0.717) is 17.5 Å². The summed E-state index contributed by atoms with van der Waals surface area (Å²) >= 11 is 0. The van der Waals surface area contributed by atoms with Gasteiger partial charge in [-0.3, -0.25) is 0 Å². The second kappa shape index (κ2) is 13.8. The van der Waals surface area contributed by atoms with Crippen molar-refractivity contribution in [3.8, 4) is 45.5 Å². The van der Waals surface area contributed by atoms with Crippen LogP contribution in [0.2, 0.25) is 0 Å². The summed E-state index contributed by atoms with van der Waals surface area (Å²) in [6, 6.07) is 75.0. The molecule has 6 nitrogen and oxygen atoms in total. The van der Waals surface area contributed by atoms with Crippen molar-refractivity contribution in [3.05, 3.63) is 212 Å². The predicted molar refractivity (Wildman–Crippen MR) is 267 cm³/mol. The molecule has 0 atom stereocenters. The molecule has 4 heterocycles. The molecule has 0 saturated heterocycles. The van der Waals surface area contributed by atoms with Crippen LogP contribution < -0.4 is 0 Å². The molecule has 4 aromatic heterocycles. The molecule has 0 aliphatic heterocycles. The zero-order valence-electron chi connectivity index (χ0n) is 34.9. The van der Waals surface area contributed by atoms with Crippen LogP contribution in [0.3, 0.4) is 0 Å². The van der Waals surface area contributed by atoms with E-state index < -0.39 is 0 Å². The van der Waals surface area contributed by atoms with Gasteiger partial charge in [0.1, 0.15) is 11.2 Å². The van der Waals surface area contributed by atoms with Gasteiger partial charge < -0.3 is 13.6 Å². The summed E-state index contributed by atoms with van der Waals surface area (Å²) < 4.78 is 11.4. The monoisotopic (exact) mass is 829 g/mol. The van der Waals surface area contributed by atoms with E-state index in [1.165, 1.54) is 37.8 Å². The summed E-state index contributed by atoms with van der Waals surface area (Å²) in [4.78, 5) is 15.5. The molecular formula is C59H35N5O. The number of hydrogen-bond donors (Lipinski definition) is 0. The van der Waals surface area contributed by atoms with E-state index in [4.69, 9.17) is 19.4 Å². The number of benzene rings is 10. The third-order valence-corrected chi connectivity index (χ3v) is 13.1. The number of aromatic nitrogens is 5. The fraction of sp³-hybridized carbons (Fsp3) is 0. The second-order valence-electron chi connectivity index (χ2n) is 16.8. The van der Waals surface area contributed by atoms with Gasteiger partial charge in [0.05, 0.1) is 22.1 Å². The Morgan fingerprint density at radius 1 is 0.292 bits per heavy atom. The Morgan fingerprint density at radius 3 is 1.62 bits per heavy atom. The van der Waals surface area contributed by atoms with Crippen molar-refractivity contribution in [1.29, 1.82) is 0 Å². The van der Waals surface area contributed by atoms with Crippen molar-refractivity contribution in [3.63, 3.8) is 0 Å². The third-order valence-electron chi connectivity index (χ3n) is 13.1. The Kier molecular flexibility index (Phi) is 7.59. The molecule has 0 spiro atoms. The van der Waals surface area contributed by atoms with E-state index >= 15 is 0 Å². The summed E-state index contributed by atoms with van der Waals surface area (Å²) in [6.45, 7) is 0. The summed E-state index contributed by atoms with van der Waals surface area (Å²) in [6.07, 6.45) is 0. The zero-order valence-corrected chi connectivity index (χ0v) is 34.9. The first-order valence-corrected chi connectivity index (χ1v) is 21.9. The minimum absolute atomic E-state index is 0.602. The second-order valence-corrected chi connectivity index (χ2v) is 16.8. The first kappa shape index (κ1) is 35.7. The van der Waals surface area contributed by atoms with E-state index in [-0.39, 0.29) is 0 Å². The molecule has 0 N–H and O–H groups in total. The zero-order chi connectivity index (χ0) is 42.6. The Bertz CT molecular complexity index is 4240. The minimum Gasteiger partial charge on any atom is -0.456 e. The summed E-state index contributed by atoms with van der Waals surface area (Å²) in [5, 5.41) is 11.6. The van der Waals surface area contributed by atoms with Gasteiger partial charge in [0.25, 0.3) is 0 Å². The standard InChI is InChI=1S/C59H35N5O/c1-3-13-37(14-4-1)57-60-58(62-59(61-57)41-25-28-46-44-19-9-11-21-50(44)63(52(46)34-41)42-17-5-2-6-18-42)40-24-23-36-26-30-54-56(48(36)32-40)47-29-27-43(35-55(47)65-54)64-51-22-12-10-20-45(51)49-31-38-15-7-8-16-39(38)33-53(49)64/h1-35H. The summed E-state index contributed by atoms with van der Waals surface area (Å²) in [5.74, 6) is 1.83. The maximum Gasteiger partial charge on any atom is 0.164 e. The number of furan rings is 1. The quantitative estimate of drug-likeness (QED) is 0.173. The molecule has 0 aliphatic carbocycles. The number of para-hydroxylation sites is 3. The van der Waals surface area contributed by atoms with E-state index in [2.05, 4.69) is 203 Å². The lowest BCUT2D eigenvalue weighted by molar-refractivity contribution is 0.669. The third kappa shape index (κ3) is 5.51. The first-order chi connectivity index (χ1) is 32.2. The maximum absolute atomic E-state index is 6.74. The van der Waals surface area contributed by atoms with Gasteiger partial charge in [0.2, 0.25) is 0 Å². The van der Waals surface area contributed by atoms with Crippen molar-refractivity contribution in [1.82, 2.24) is 24.1 Å². The molecule has 10 aromatic carbocycles. The van der Waals surface area contributed by atoms with Crippen LogP contribution in [-0.2, 0) is 0 Å². The molecular weight excluding hydrogens is 795 g/mol. The molecule has 6 heteroatoms. The van der Waals surface area contributed by atoms with Gasteiger partial charge in [0, 0.05) is 66.4 Å². The fourth-order valence-electron chi connectivity index (χ4n) is 10.1. The maximum atomic E-state index is 6.74. The van der Waals surface area contributed by atoms with Gasteiger partial charge in [-0.2, -0.15) is 0 Å². The van der Waals surface area contributed by atoms with Gasteiger partial charge >= 0.3 is 0 Å². The molecule has 14 aromatic rings. The summed E-state index contributed by atoms with van der Waals surface area (Å²) in [5.41, 5.74) is 11.1. The molecule has 0 aliphatic rings. The Hall–Kier alpha value is -8.87. The van der Waals surface area contributed by atoms with Gasteiger partial charge in [0.15, 0.2) is 17.5 Å². The minimum atomic E-state index is 0.602. The van der Waals surface area contributed by atoms with Crippen molar-refractivity contribution in [2.24, 2.45) is 0 Å². The first-order valence-electron chi connectivity index (χ1n) is 21.9. The fourth-order valence-corrected chi connectivity index (χ4v) is 10.1. The lowest BCUT2D eigenvalue weighted by Crippen LogP contribution is -2.00. The molecule has 0 radical (unpaired) electrons. The molecule has 0 saturated carbocycles. The van der Waals surface area contributed by atoms with E-state index in [1.807, 2.05) is 18.2 Å². The number of nitrogens with zero attached hydrogens (tertiary/aromatic N) is 5. The Balaban J connectivity index is 0.939. The molecule has 302 valence electrons. The number of hydrogen-bond acceptors (Lipinski definition) is 4. The summed E-state index contributed by atoms with van der Waals surface area (Å²) in [7, 11) is 0.